The first kappa shape index (κ1) is 17.3. The highest BCUT2D eigenvalue weighted by Crippen LogP contribution is 2.42. The van der Waals surface area contributed by atoms with E-state index in [4.69, 9.17) is 18.9 Å². The lowest BCUT2D eigenvalue weighted by atomic mass is 9.97. The largest absolute Gasteiger partial charge is 0.497 e. The first-order chi connectivity index (χ1) is 11.6. The van der Waals surface area contributed by atoms with Gasteiger partial charge in [0, 0.05) is 5.56 Å². The number of ether oxygens (including phenoxy) is 4. The van der Waals surface area contributed by atoms with Gasteiger partial charge in [-0.15, -0.1) is 4.91 Å². The highest BCUT2D eigenvalue weighted by molar-refractivity contribution is 5.86. The highest BCUT2D eigenvalue weighted by atomic mass is 16.5. The number of hydrogen-bond donors (Lipinski definition) is 0. The summed E-state index contributed by atoms with van der Waals surface area (Å²) in [4.78, 5) is 11.1. The molecule has 0 aliphatic rings. The highest BCUT2D eigenvalue weighted by Gasteiger charge is 2.17. The maximum absolute atomic E-state index is 11.1. The van der Waals surface area contributed by atoms with Gasteiger partial charge in [-0.1, -0.05) is 6.58 Å². The molecular formula is C18H19NO5. The summed E-state index contributed by atoms with van der Waals surface area (Å²) < 4.78 is 21.2. The standard InChI is InChI=1S/C18H19NO5/c1-11(14-10-13(21-2)6-7-15(14)19-20)12-8-16(22-3)18(24-5)17(9-12)23-4/h6-10H,1H2,2-5H3. The number of hydrogen-bond acceptors (Lipinski definition) is 6. The number of rotatable bonds is 7. The maximum Gasteiger partial charge on any atom is 0.203 e. The van der Waals surface area contributed by atoms with Crippen molar-refractivity contribution < 1.29 is 18.9 Å². The summed E-state index contributed by atoms with van der Waals surface area (Å²) >= 11 is 0. The second kappa shape index (κ2) is 7.50. The molecule has 126 valence electrons. The zero-order valence-electron chi connectivity index (χ0n) is 14.1. The minimum Gasteiger partial charge on any atom is -0.497 e. The molecule has 0 bridgehead atoms. The Balaban J connectivity index is 2.60. The van der Waals surface area contributed by atoms with Crippen LogP contribution in [-0.4, -0.2) is 28.4 Å². The Kier molecular flexibility index (Phi) is 5.42. The van der Waals surface area contributed by atoms with Crippen LogP contribution in [0.1, 0.15) is 11.1 Å². The molecule has 6 heteroatoms. The van der Waals surface area contributed by atoms with Gasteiger partial charge in [-0.25, -0.2) is 0 Å². The zero-order valence-corrected chi connectivity index (χ0v) is 14.1. The summed E-state index contributed by atoms with van der Waals surface area (Å²) in [6.07, 6.45) is 0. The van der Waals surface area contributed by atoms with Crippen LogP contribution >= 0.6 is 0 Å². The van der Waals surface area contributed by atoms with Gasteiger partial charge in [0.1, 0.15) is 11.4 Å². The fraction of sp³-hybridized carbons (Fsp3) is 0.222. The van der Waals surface area contributed by atoms with E-state index in [0.29, 0.717) is 39.7 Å². The van der Waals surface area contributed by atoms with Crippen LogP contribution in [0, 0.1) is 4.91 Å². The van der Waals surface area contributed by atoms with Gasteiger partial charge in [-0.3, -0.25) is 0 Å². The minimum atomic E-state index is 0.273. The predicted octanol–water partition coefficient (Wildman–Crippen LogP) is 4.18. The van der Waals surface area contributed by atoms with Crippen molar-refractivity contribution in [1.82, 2.24) is 0 Å². The first-order valence-electron chi connectivity index (χ1n) is 7.10. The molecule has 0 radical (unpaired) electrons. The van der Waals surface area contributed by atoms with Crippen LogP contribution in [0.5, 0.6) is 23.0 Å². The molecule has 0 N–H and O–H groups in total. The quantitative estimate of drug-likeness (QED) is 0.713. The molecule has 2 rings (SSSR count). The Morgan fingerprint density at radius 3 is 2.00 bits per heavy atom. The van der Waals surface area contributed by atoms with Crippen LogP contribution in [0.25, 0.3) is 5.57 Å². The van der Waals surface area contributed by atoms with Crippen molar-refractivity contribution in [2.75, 3.05) is 28.4 Å². The van der Waals surface area contributed by atoms with Crippen LogP contribution in [0.3, 0.4) is 0 Å². The van der Waals surface area contributed by atoms with E-state index in [0.717, 1.165) is 0 Å². The van der Waals surface area contributed by atoms with Crippen LogP contribution in [0.4, 0.5) is 5.69 Å². The molecule has 0 amide bonds. The third-order valence-corrected chi connectivity index (χ3v) is 3.64. The Labute approximate surface area is 140 Å². The molecule has 6 nitrogen and oxygen atoms in total. The van der Waals surface area contributed by atoms with Crippen molar-refractivity contribution >= 4 is 11.3 Å². The topological polar surface area (TPSA) is 66.3 Å². The van der Waals surface area contributed by atoms with E-state index in [-0.39, 0.29) is 5.69 Å². The summed E-state index contributed by atoms with van der Waals surface area (Å²) in [5.41, 5.74) is 2.14. The van der Waals surface area contributed by atoms with E-state index >= 15 is 0 Å². The van der Waals surface area contributed by atoms with Crippen LogP contribution in [0.15, 0.2) is 42.1 Å². The molecule has 0 unspecified atom stereocenters. The van der Waals surface area contributed by atoms with Crippen LogP contribution in [0.2, 0.25) is 0 Å². The number of methoxy groups -OCH3 is 4. The van der Waals surface area contributed by atoms with E-state index < -0.39 is 0 Å². The van der Waals surface area contributed by atoms with Crippen LogP contribution in [-0.2, 0) is 0 Å². The van der Waals surface area contributed by atoms with E-state index in [2.05, 4.69) is 11.8 Å². The summed E-state index contributed by atoms with van der Waals surface area (Å²) in [5, 5.41) is 3.06. The molecule has 0 heterocycles. The molecule has 24 heavy (non-hydrogen) atoms. The second-order valence-corrected chi connectivity index (χ2v) is 4.87. The first-order valence-corrected chi connectivity index (χ1v) is 7.10. The molecule has 2 aromatic carbocycles. The van der Waals surface area contributed by atoms with Gasteiger partial charge < -0.3 is 18.9 Å². The van der Waals surface area contributed by atoms with Gasteiger partial charge in [0.2, 0.25) is 5.75 Å². The number of benzene rings is 2. The van der Waals surface area contributed by atoms with Crippen molar-refractivity contribution in [1.29, 1.82) is 0 Å². The fourth-order valence-electron chi connectivity index (χ4n) is 2.37. The summed E-state index contributed by atoms with van der Waals surface area (Å²) in [6, 6.07) is 8.49. The molecule has 0 saturated carbocycles. The number of nitroso groups, excluding NO2 is 1. The molecule has 2 aromatic rings. The Hall–Kier alpha value is -3.02. The lowest BCUT2D eigenvalue weighted by Gasteiger charge is -2.16. The Morgan fingerprint density at radius 1 is 0.917 bits per heavy atom. The minimum absolute atomic E-state index is 0.273. The van der Waals surface area contributed by atoms with Gasteiger partial charge in [-0.05, 0) is 46.6 Å². The molecule has 0 aliphatic heterocycles. The van der Waals surface area contributed by atoms with Crippen molar-refractivity contribution in [3.63, 3.8) is 0 Å². The van der Waals surface area contributed by atoms with E-state index in [9.17, 15) is 4.91 Å². The number of nitrogens with zero attached hydrogens (tertiary/aromatic N) is 1. The third-order valence-electron chi connectivity index (χ3n) is 3.64. The Morgan fingerprint density at radius 2 is 1.54 bits per heavy atom. The average molecular weight is 329 g/mol. The van der Waals surface area contributed by atoms with Crippen LogP contribution < -0.4 is 18.9 Å². The van der Waals surface area contributed by atoms with Crippen molar-refractivity contribution in [3.8, 4) is 23.0 Å². The Bertz CT molecular complexity index is 745. The fourth-order valence-corrected chi connectivity index (χ4v) is 2.37. The normalized spacial score (nSPS) is 10.0. The summed E-state index contributed by atoms with van der Waals surface area (Å²) in [5.74, 6) is 2.08. The van der Waals surface area contributed by atoms with Gasteiger partial charge in [0.05, 0.1) is 28.4 Å². The molecule has 0 atom stereocenters. The molecular weight excluding hydrogens is 310 g/mol. The maximum atomic E-state index is 11.1. The van der Waals surface area contributed by atoms with Crippen molar-refractivity contribution in [2.24, 2.45) is 5.18 Å². The average Bonchev–Trinajstić information content (AvgIpc) is 2.65. The van der Waals surface area contributed by atoms with E-state index in [1.54, 1.807) is 37.4 Å². The molecule has 0 aliphatic carbocycles. The van der Waals surface area contributed by atoms with Gasteiger partial charge in [-0.2, -0.15) is 0 Å². The van der Waals surface area contributed by atoms with Crippen molar-refractivity contribution in [2.45, 2.75) is 0 Å². The third kappa shape index (κ3) is 3.17. The van der Waals surface area contributed by atoms with Gasteiger partial charge >= 0.3 is 0 Å². The monoisotopic (exact) mass is 329 g/mol. The second-order valence-electron chi connectivity index (χ2n) is 4.87. The lowest BCUT2D eigenvalue weighted by Crippen LogP contribution is -1.97. The molecule has 0 spiro atoms. The zero-order chi connectivity index (χ0) is 17.7. The molecule has 0 aromatic heterocycles. The molecule has 0 fully saturated rings. The lowest BCUT2D eigenvalue weighted by molar-refractivity contribution is 0.324. The SMILES string of the molecule is C=C(c1cc(OC)c(OC)c(OC)c1)c1cc(OC)ccc1N=O. The smallest absolute Gasteiger partial charge is 0.203 e. The molecule has 0 saturated heterocycles. The predicted molar refractivity (Wildman–Crippen MR) is 92.7 cm³/mol. The van der Waals surface area contributed by atoms with Crippen molar-refractivity contribution in [3.05, 3.63) is 52.9 Å². The van der Waals surface area contributed by atoms with E-state index in [1.807, 2.05) is 0 Å². The van der Waals surface area contributed by atoms with E-state index in [1.165, 1.54) is 21.3 Å². The summed E-state index contributed by atoms with van der Waals surface area (Å²) in [6.45, 7) is 4.08. The van der Waals surface area contributed by atoms with Gasteiger partial charge in [0.15, 0.2) is 11.5 Å². The summed E-state index contributed by atoms with van der Waals surface area (Å²) in [7, 11) is 6.16. The van der Waals surface area contributed by atoms with Gasteiger partial charge in [0.25, 0.3) is 0 Å².